The van der Waals surface area contributed by atoms with Crippen LogP contribution in [0.1, 0.15) is 34.9 Å². The lowest BCUT2D eigenvalue weighted by Gasteiger charge is -2.31. The number of carbonyl (C=O) groups is 1. The maximum Gasteiger partial charge on any atom is 0.317 e. The van der Waals surface area contributed by atoms with E-state index in [0.29, 0.717) is 17.5 Å². The normalized spacial score (nSPS) is 14.7. The van der Waals surface area contributed by atoms with Crippen molar-refractivity contribution in [3.05, 3.63) is 82.3 Å². The van der Waals surface area contributed by atoms with E-state index in [2.05, 4.69) is 22.4 Å². The molecule has 0 atom stereocenters. The fourth-order valence-corrected chi connectivity index (χ4v) is 5.42. The van der Waals surface area contributed by atoms with Gasteiger partial charge < -0.3 is 14.8 Å². The molecule has 0 aliphatic carbocycles. The van der Waals surface area contributed by atoms with Gasteiger partial charge in [-0.15, -0.1) is 11.3 Å². The van der Waals surface area contributed by atoms with Crippen molar-refractivity contribution in [3.63, 3.8) is 0 Å². The lowest BCUT2D eigenvalue weighted by molar-refractivity contribution is 0.181. The highest BCUT2D eigenvalue weighted by molar-refractivity contribution is 7.18. The van der Waals surface area contributed by atoms with Crippen molar-refractivity contribution < 1.29 is 4.79 Å². The summed E-state index contributed by atoms with van der Waals surface area (Å²) < 4.78 is 3.20. The quantitative estimate of drug-likeness (QED) is 0.436. The van der Waals surface area contributed by atoms with E-state index in [-0.39, 0.29) is 6.03 Å². The first-order valence-electron chi connectivity index (χ1n) is 10.8. The second-order valence-electron chi connectivity index (χ2n) is 8.14. The predicted octanol–water partition coefficient (Wildman–Crippen LogP) is 5.28. The van der Waals surface area contributed by atoms with Crippen LogP contribution in [0.25, 0.3) is 10.2 Å². The number of imidazole rings is 1. The number of piperidine rings is 1. The Kier molecular flexibility index (Phi) is 6.10. The third kappa shape index (κ3) is 4.79. The zero-order valence-electron chi connectivity index (χ0n) is 17.6. The topological polar surface area (TPSA) is 63.1 Å². The molecule has 2 aromatic heterocycles. The molecule has 0 saturated carbocycles. The molecule has 4 aromatic rings. The van der Waals surface area contributed by atoms with Gasteiger partial charge in [0.05, 0.1) is 21.6 Å². The van der Waals surface area contributed by atoms with Crippen molar-refractivity contribution in [1.29, 1.82) is 0 Å². The number of likely N-dealkylation sites (tertiary alicyclic amines) is 1. The van der Waals surface area contributed by atoms with Gasteiger partial charge in [-0.25, -0.2) is 14.8 Å². The van der Waals surface area contributed by atoms with Crippen LogP contribution in [0.15, 0.2) is 61.2 Å². The Hall–Kier alpha value is -2.90. The molecule has 1 N–H and O–H groups in total. The Labute approximate surface area is 195 Å². The van der Waals surface area contributed by atoms with Crippen LogP contribution < -0.4 is 5.32 Å². The molecule has 32 heavy (non-hydrogen) atoms. The number of nitrogens with one attached hydrogen (secondary N) is 1. The van der Waals surface area contributed by atoms with Crippen LogP contribution in [-0.4, -0.2) is 38.6 Å². The van der Waals surface area contributed by atoms with Gasteiger partial charge in [0.15, 0.2) is 0 Å². The molecule has 3 heterocycles. The van der Waals surface area contributed by atoms with Gasteiger partial charge in [-0.05, 0) is 42.2 Å². The van der Waals surface area contributed by atoms with Gasteiger partial charge in [0, 0.05) is 49.5 Å². The molecule has 1 fully saturated rings. The molecule has 2 amide bonds. The number of thiazole rings is 1. The zero-order chi connectivity index (χ0) is 21.9. The fourth-order valence-electron chi connectivity index (χ4n) is 4.14. The summed E-state index contributed by atoms with van der Waals surface area (Å²) in [5.74, 6) is 0.398. The Morgan fingerprint density at radius 2 is 2.00 bits per heavy atom. The molecule has 5 rings (SSSR count). The minimum absolute atomic E-state index is 0.000422. The number of amides is 2. The zero-order valence-corrected chi connectivity index (χ0v) is 19.1. The minimum atomic E-state index is -0.000422. The summed E-state index contributed by atoms with van der Waals surface area (Å²) in [7, 11) is 0. The van der Waals surface area contributed by atoms with Crippen LogP contribution in [0.5, 0.6) is 0 Å². The van der Waals surface area contributed by atoms with E-state index in [1.165, 1.54) is 10.3 Å². The molecule has 8 heteroatoms. The predicted molar refractivity (Wildman–Crippen MR) is 128 cm³/mol. The second kappa shape index (κ2) is 9.30. The molecule has 1 aliphatic heterocycles. The SMILES string of the molecule is O=C(NCc1cccc(Cn2ccnc2)c1)N1CCC(c2nc3cc(Cl)ccc3s2)CC1. The van der Waals surface area contributed by atoms with Gasteiger partial charge in [0.25, 0.3) is 0 Å². The van der Waals surface area contributed by atoms with Crippen LogP contribution in [0, 0.1) is 0 Å². The first-order valence-corrected chi connectivity index (χ1v) is 12.0. The van der Waals surface area contributed by atoms with Crippen molar-refractivity contribution in [2.24, 2.45) is 0 Å². The molecule has 0 bridgehead atoms. The highest BCUT2D eigenvalue weighted by atomic mass is 35.5. The second-order valence-corrected chi connectivity index (χ2v) is 9.64. The summed E-state index contributed by atoms with van der Waals surface area (Å²) >= 11 is 7.83. The number of fused-ring (bicyclic) bond motifs is 1. The number of hydrogen-bond donors (Lipinski definition) is 1. The first kappa shape index (κ1) is 21.0. The number of halogens is 1. The van der Waals surface area contributed by atoms with Crippen LogP contribution in [0.2, 0.25) is 5.02 Å². The van der Waals surface area contributed by atoms with Gasteiger partial charge in [-0.2, -0.15) is 0 Å². The summed E-state index contributed by atoms with van der Waals surface area (Å²) in [5, 5.41) is 4.94. The van der Waals surface area contributed by atoms with Crippen molar-refractivity contribution in [3.8, 4) is 0 Å². The number of rotatable bonds is 5. The fraction of sp³-hybridized carbons (Fsp3) is 0.292. The number of benzene rings is 2. The lowest BCUT2D eigenvalue weighted by Crippen LogP contribution is -2.43. The molecular formula is C24H24ClN5OS. The van der Waals surface area contributed by atoms with Crippen molar-refractivity contribution in [2.45, 2.75) is 31.8 Å². The van der Waals surface area contributed by atoms with E-state index in [9.17, 15) is 4.79 Å². The maximum absolute atomic E-state index is 12.7. The van der Waals surface area contributed by atoms with Crippen molar-refractivity contribution in [2.75, 3.05) is 13.1 Å². The van der Waals surface area contributed by atoms with E-state index < -0.39 is 0 Å². The number of carbonyl (C=O) groups excluding carboxylic acids is 1. The Morgan fingerprint density at radius 3 is 2.81 bits per heavy atom. The summed E-state index contributed by atoms with van der Waals surface area (Å²) in [6, 6.07) is 14.2. The molecule has 164 valence electrons. The van der Waals surface area contributed by atoms with E-state index in [0.717, 1.165) is 48.6 Å². The van der Waals surface area contributed by atoms with Crippen molar-refractivity contribution in [1.82, 2.24) is 24.8 Å². The van der Waals surface area contributed by atoms with Crippen molar-refractivity contribution >= 4 is 39.2 Å². The number of hydrogen-bond acceptors (Lipinski definition) is 4. The van der Waals surface area contributed by atoms with Crippen LogP contribution in [-0.2, 0) is 13.1 Å². The molecule has 2 aromatic carbocycles. The van der Waals surface area contributed by atoms with Crippen LogP contribution in [0.3, 0.4) is 0 Å². The molecule has 0 unspecified atom stereocenters. The lowest BCUT2D eigenvalue weighted by atomic mass is 9.98. The van der Waals surface area contributed by atoms with E-state index in [4.69, 9.17) is 16.6 Å². The average Bonchev–Trinajstić information content (AvgIpc) is 3.47. The molecule has 1 saturated heterocycles. The third-order valence-electron chi connectivity index (χ3n) is 5.86. The van der Waals surface area contributed by atoms with Gasteiger partial charge in [0.2, 0.25) is 0 Å². The van der Waals surface area contributed by atoms with Crippen LogP contribution in [0.4, 0.5) is 4.79 Å². The summed E-state index contributed by atoms with van der Waals surface area (Å²) in [6.45, 7) is 2.78. The number of nitrogens with zero attached hydrogens (tertiary/aromatic N) is 4. The van der Waals surface area contributed by atoms with Crippen LogP contribution >= 0.6 is 22.9 Å². The maximum atomic E-state index is 12.7. The molecule has 6 nitrogen and oxygen atoms in total. The summed E-state index contributed by atoms with van der Waals surface area (Å²) in [6.07, 6.45) is 7.39. The average molecular weight is 466 g/mol. The Balaban J connectivity index is 1.14. The van der Waals surface area contributed by atoms with E-state index in [1.807, 2.05) is 52.3 Å². The monoisotopic (exact) mass is 465 g/mol. The van der Waals surface area contributed by atoms with Gasteiger partial charge in [0.1, 0.15) is 0 Å². The third-order valence-corrected chi connectivity index (χ3v) is 7.29. The Bertz CT molecular complexity index is 1210. The summed E-state index contributed by atoms with van der Waals surface area (Å²) in [4.78, 5) is 23.5. The highest BCUT2D eigenvalue weighted by Gasteiger charge is 2.25. The molecule has 0 radical (unpaired) electrons. The minimum Gasteiger partial charge on any atom is -0.334 e. The van der Waals surface area contributed by atoms with E-state index in [1.54, 1.807) is 17.5 Å². The smallest absolute Gasteiger partial charge is 0.317 e. The number of urea groups is 1. The largest absolute Gasteiger partial charge is 0.334 e. The Morgan fingerprint density at radius 1 is 1.16 bits per heavy atom. The van der Waals surface area contributed by atoms with Gasteiger partial charge in [-0.1, -0.05) is 35.9 Å². The first-order chi connectivity index (χ1) is 15.6. The number of aromatic nitrogens is 3. The standard InChI is InChI=1S/C24H24ClN5OS/c25-20-4-5-22-21(13-20)28-23(32-22)19-6-9-30(10-7-19)24(31)27-14-17-2-1-3-18(12-17)15-29-11-8-26-16-29/h1-5,8,11-13,16,19H,6-7,9-10,14-15H2,(H,27,31). The highest BCUT2D eigenvalue weighted by Crippen LogP contribution is 2.34. The van der Waals surface area contributed by atoms with Gasteiger partial charge >= 0.3 is 6.03 Å². The van der Waals surface area contributed by atoms with Gasteiger partial charge in [-0.3, -0.25) is 0 Å². The summed E-state index contributed by atoms with van der Waals surface area (Å²) in [5.41, 5.74) is 3.25. The molecule has 0 spiro atoms. The molecular weight excluding hydrogens is 442 g/mol. The molecule has 1 aliphatic rings. The van der Waals surface area contributed by atoms with E-state index >= 15 is 0 Å².